The number of ether oxygens (including phenoxy) is 1. The number of halogens is 1. The van der Waals surface area contributed by atoms with Crippen LogP contribution in [0.1, 0.15) is 12.0 Å². The van der Waals surface area contributed by atoms with Crippen LogP contribution in [-0.2, 0) is 21.2 Å². The average Bonchev–Trinajstić information content (AvgIpc) is 2.81. The van der Waals surface area contributed by atoms with E-state index >= 15 is 0 Å². The molecule has 0 aliphatic heterocycles. The number of benzene rings is 3. The third-order valence-electron chi connectivity index (χ3n) is 4.86. The number of hydrogen-bond acceptors (Lipinski definition) is 4. The fourth-order valence-electron chi connectivity index (χ4n) is 3.15. The first-order valence-electron chi connectivity index (χ1n) is 10.1. The molecule has 8 heteroatoms. The second-order valence-corrected chi connectivity index (χ2v) is 8.97. The third kappa shape index (κ3) is 6.07. The van der Waals surface area contributed by atoms with Crippen LogP contribution in [0.5, 0.6) is 5.75 Å². The molecule has 0 bridgehead atoms. The Morgan fingerprint density at radius 2 is 1.62 bits per heavy atom. The van der Waals surface area contributed by atoms with Crippen molar-refractivity contribution >= 4 is 21.6 Å². The van der Waals surface area contributed by atoms with E-state index in [1.165, 1.54) is 43.5 Å². The molecule has 1 amide bonds. The van der Waals surface area contributed by atoms with E-state index in [0.717, 1.165) is 34.8 Å². The minimum Gasteiger partial charge on any atom is -0.497 e. The van der Waals surface area contributed by atoms with E-state index in [1.807, 2.05) is 30.3 Å². The molecule has 3 aromatic rings. The van der Waals surface area contributed by atoms with E-state index in [2.05, 4.69) is 5.32 Å². The van der Waals surface area contributed by atoms with Gasteiger partial charge in [-0.15, -0.1) is 0 Å². The Morgan fingerprint density at radius 1 is 0.969 bits per heavy atom. The first-order chi connectivity index (χ1) is 15.4. The summed E-state index contributed by atoms with van der Waals surface area (Å²) >= 11 is 0. The molecule has 6 nitrogen and oxygen atoms in total. The van der Waals surface area contributed by atoms with E-state index in [0.29, 0.717) is 12.3 Å². The molecule has 0 fully saturated rings. The number of nitrogens with zero attached hydrogens (tertiary/aromatic N) is 1. The van der Waals surface area contributed by atoms with Gasteiger partial charge in [-0.3, -0.25) is 9.10 Å². The topological polar surface area (TPSA) is 75.7 Å². The van der Waals surface area contributed by atoms with Crippen molar-refractivity contribution in [3.05, 3.63) is 90.2 Å². The van der Waals surface area contributed by atoms with Crippen LogP contribution in [0.15, 0.2) is 83.8 Å². The normalized spacial score (nSPS) is 11.1. The van der Waals surface area contributed by atoms with Crippen molar-refractivity contribution in [1.82, 2.24) is 5.32 Å². The third-order valence-corrected chi connectivity index (χ3v) is 6.64. The zero-order valence-corrected chi connectivity index (χ0v) is 18.5. The zero-order valence-electron chi connectivity index (χ0n) is 17.7. The van der Waals surface area contributed by atoms with Gasteiger partial charge in [0.1, 0.15) is 18.1 Å². The van der Waals surface area contributed by atoms with Gasteiger partial charge in [-0.1, -0.05) is 30.3 Å². The molecular formula is C24H25FN2O4S. The van der Waals surface area contributed by atoms with Crippen LogP contribution in [0.25, 0.3) is 0 Å². The quantitative estimate of drug-likeness (QED) is 0.471. The molecule has 0 atom stereocenters. The van der Waals surface area contributed by atoms with Gasteiger partial charge < -0.3 is 10.1 Å². The van der Waals surface area contributed by atoms with E-state index in [9.17, 15) is 17.6 Å². The van der Waals surface area contributed by atoms with Crippen LogP contribution >= 0.6 is 0 Å². The summed E-state index contributed by atoms with van der Waals surface area (Å²) in [6.45, 7) is -0.0150. The van der Waals surface area contributed by atoms with Crippen molar-refractivity contribution in [2.24, 2.45) is 0 Å². The van der Waals surface area contributed by atoms with E-state index in [-0.39, 0.29) is 10.6 Å². The first-order valence-corrected chi connectivity index (χ1v) is 11.6. The lowest BCUT2D eigenvalue weighted by atomic mass is 10.1. The minimum absolute atomic E-state index is 0.000461. The molecule has 0 unspecified atom stereocenters. The van der Waals surface area contributed by atoms with Gasteiger partial charge in [0.05, 0.1) is 17.7 Å². The highest BCUT2D eigenvalue weighted by Crippen LogP contribution is 2.25. The summed E-state index contributed by atoms with van der Waals surface area (Å²) in [7, 11) is -2.58. The summed E-state index contributed by atoms with van der Waals surface area (Å²) in [5, 5.41) is 2.77. The molecule has 0 aliphatic carbocycles. The summed E-state index contributed by atoms with van der Waals surface area (Å²) < 4.78 is 46.0. The van der Waals surface area contributed by atoms with Gasteiger partial charge in [0.2, 0.25) is 5.91 Å². The van der Waals surface area contributed by atoms with Crippen molar-refractivity contribution < 1.29 is 22.3 Å². The highest BCUT2D eigenvalue weighted by Gasteiger charge is 2.27. The molecule has 0 aromatic heterocycles. The minimum atomic E-state index is -4.07. The standard InChI is InChI=1S/C24H25FN2O4S/c1-31-22-13-15-23(16-14-22)32(29,30)27(21-11-9-20(25)10-12-21)18-24(28)26-17-5-8-19-6-3-2-4-7-19/h2-4,6-7,9-16H,5,8,17-18H2,1H3,(H,26,28). The number of sulfonamides is 1. The molecule has 168 valence electrons. The average molecular weight is 457 g/mol. The molecule has 32 heavy (non-hydrogen) atoms. The van der Waals surface area contributed by atoms with Gasteiger partial charge in [0, 0.05) is 6.54 Å². The van der Waals surface area contributed by atoms with Crippen LogP contribution < -0.4 is 14.4 Å². The Kier molecular flexibility index (Phi) is 7.83. The monoisotopic (exact) mass is 456 g/mol. The van der Waals surface area contributed by atoms with Crippen LogP contribution in [0, 0.1) is 5.82 Å². The van der Waals surface area contributed by atoms with Crippen molar-refractivity contribution in [2.45, 2.75) is 17.7 Å². The highest BCUT2D eigenvalue weighted by atomic mass is 32.2. The number of rotatable bonds is 10. The summed E-state index contributed by atoms with van der Waals surface area (Å²) in [5.41, 5.74) is 1.36. The van der Waals surface area contributed by atoms with Gasteiger partial charge >= 0.3 is 0 Å². The smallest absolute Gasteiger partial charge is 0.264 e. The molecule has 0 saturated heterocycles. The predicted octanol–water partition coefficient (Wildman–Crippen LogP) is 3.78. The Bertz CT molecular complexity index is 1120. The van der Waals surface area contributed by atoms with Crippen molar-refractivity contribution in [2.75, 3.05) is 24.5 Å². The van der Waals surface area contributed by atoms with Crippen molar-refractivity contribution in [1.29, 1.82) is 0 Å². The molecule has 0 spiro atoms. The molecular weight excluding hydrogens is 431 g/mol. The number of hydrogen-bond donors (Lipinski definition) is 1. The van der Waals surface area contributed by atoms with Crippen LogP contribution in [-0.4, -0.2) is 34.5 Å². The lowest BCUT2D eigenvalue weighted by molar-refractivity contribution is -0.119. The maximum atomic E-state index is 13.4. The number of methoxy groups -OCH3 is 1. The van der Waals surface area contributed by atoms with Crippen LogP contribution in [0.2, 0.25) is 0 Å². The van der Waals surface area contributed by atoms with Gasteiger partial charge in [-0.2, -0.15) is 0 Å². The largest absolute Gasteiger partial charge is 0.497 e. The first kappa shape index (κ1) is 23.3. The summed E-state index contributed by atoms with van der Waals surface area (Å²) in [6, 6.07) is 20.7. The van der Waals surface area contributed by atoms with Crippen LogP contribution in [0.4, 0.5) is 10.1 Å². The Labute approximate surface area is 187 Å². The Hall–Kier alpha value is -3.39. The molecule has 3 aromatic carbocycles. The van der Waals surface area contributed by atoms with E-state index < -0.39 is 28.3 Å². The predicted molar refractivity (Wildman–Crippen MR) is 122 cm³/mol. The molecule has 0 saturated carbocycles. The van der Waals surface area contributed by atoms with Gasteiger partial charge in [-0.05, 0) is 66.9 Å². The second kappa shape index (κ2) is 10.8. The number of aryl methyl sites for hydroxylation is 1. The number of amides is 1. The SMILES string of the molecule is COc1ccc(S(=O)(=O)N(CC(=O)NCCCc2ccccc2)c2ccc(F)cc2)cc1. The molecule has 0 heterocycles. The molecule has 3 rings (SSSR count). The lowest BCUT2D eigenvalue weighted by Gasteiger charge is -2.24. The molecule has 0 aliphatic rings. The summed E-state index contributed by atoms with van der Waals surface area (Å²) in [4.78, 5) is 12.6. The second-order valence-electron chi connectivity index (χ2n) is 7.10. The van der Waals surface area contributed by atoms with Crippen LogP contribution in [0.3, 0.4) is 0 Å². The highest BCUT2D eigenvalue weighted by molar-refractivity contribution is 7.92. The summed E-state index contributed by atoms with van der Waals surface area (Å²) in [6.07, 6.45) is 1.52. The Morgan fingerprint density at radius 3 is 2.25 bits per heavy atom. The maximum Gasteiger partial charge on any atom is 0.264 e. The molecule has 0 radical (unpaired) electrons. The Balaban J connectivity index is 1.72. The lowest BCUT2D eigenvalue weighted by Crippen LogP contribution is -2.41. The number of carbonyl (C=O) groups excluding carboxylic acids is 1. The van der Waals surface area contributed by atoms with Gasteiger partial charge in [0.25, 0.3) is 10.0 Å². The maximum absolute atomic E-state index is 13.4. The van der Waals surface area contributed by atoms with Crippen molar-refractivity contribution in [3.8, 4) is 5.75 Å². The fourth-order valence-corrected chi connectivity index (χ4v) is 4.57. The van der Waals surface area contributed by atoms with E-state index in [1.54, 1.807) is 0 Å². The number of nitrogens with one attached hydrogen (secondary N) is 1. The summed E-state index contributed by atoms with van der Waals surface area (Å²) in [5.74, 6) is -0.436. The van der Waals surface area contributed by atoms with Gasteiger partial charge in [-0.25, -0.2) is 12.8 Å². The van der Waals surface area contributed by atoms with E-state index in [4.69, 9.17) is 4.74 Å². The number of carbonyl (C=O) groups is 1. The number of anilines is 1. The van der Waals surface area contributed by atoms with Gasteiger partial charge in [0.15, 0.2) is 0 Å². The van der Waals surface area contributed by atoms with Crippen molar-refractivity contribution in [3.63, 3.8) is 0 Å². The zero-order chi connectivity index (χ0) is 23.0. The fraction of sp³-hybridized carbons (Fsp3) is 0.208. The molecule has 1 N–H and O–H groups in total.